The summed E-state index contributed by atoms with van der Waals surface area (Å²) < 4.78 is 0. The Bertz CT molecular complexity index is 294. The van der Waals surface area contributed by atoms with Gasteiger partial charge in [-0.1, -0.05) is 28.1 Å². The minimum Gasteiger partial charge on any atom is -0.303 e. The Hall–Kier alpha value is -0.340. The van der Waals surface area contributed by atoms with E-state index in [2.05, 4.69) is 54.2 Å². The number of hydrogen-bond acceptors (Lipinski definition) is 1. The first kappa shape index (κ1) is 10.7. The van der Waals surface area contributed by atoms with Gasteiger partial charge in [0, 0.05) is 6.54 Å². The SMILES string of the molecule is Cc1ccc(CNCBr)c(C)c1C. The van der Waals surface area contributed by atoms with Gasteiger partial charge in [-0.05, 0) is 43.0 Å². The predicted molar refractivity (Wildman–Crippen MR) is 61.3 cm³/mol. The highest BCUT2D eigenvalue weighted by atomic mass is 79.9. The first-order valence-electron chi connectivity index (χ1n) is 4.49. The number of nitrogens with one attached hydrogen (secondary N) is 1. The van der Waals surface area contributed by atoms with Crippen LogP contribution in [0.1, 0.15) is 22.3 Å². The van der Waals surface area contributed by atoms with Gasteiger partial charge in [0.15, 0.2) is 0 Å². The van der Waals surface area contributed by atoms with Crippen LogP contribution in [0.25, 0.3) is 0 Å². The van der Waals surface area contributed by atoms with E-state index < -0.39 is 0 Å². The van der Waals surface area contributed by atoms with Gasteiger partial charge < -0.3 is 5.32 Å². The van der Waals surface area contributed by atoms with Crippen LogP contribution >= 0.6 is 15.9 Å². The summed E-state index contributed by atoms with van der Waals surface area (Å²) in [7, 11) is 0. The molecular formula is C11H16BrN. The summed E-state index contributed by atoms with van der Waals surface area (Å²) in [4.78, 5) is 0. The summed E-state index contributed by atoms with van der Waals surface area (Å²) in [5.41, 5.74) is 6.43. The lowest BCUT2D eigenvalue weighted by molar-refractivity contribution is 0.795. The first-order valence-corrected chi connectivity index (χ1v) is 5.61. The van der Waals surface area contributed by atoms with Crippen molar-refractivity contribution in [1.29, 1.82) is 0 Å². The molecule has 0 aliphatic heterocycles. The Morgan fingerprint density at radius 3 is 2.46 bits per heavy atom. The van der Waals surface area contributed by atoms with E-state index in [-0.39, 0.29) is 0 Å². The lowest BCUT2D eigenvalue weighted by Gasteiger charge is -2.10. The van der Waals surface area contributed by atoms with E-state index >= 15 is 0 Å². The molecule has 0 amide bonds. The molecule has 0 fully saturated rings. The minimum absolute atomic E-state index is 0.847. The van der Waals surface area contributed by atoms with Gasteiger partial charge in [-0.25, -0.2) is 0 Å². The Morgan fingerprint density at radius 2 is 1.85 bits per heavy atom. The lowest BCUT2D eigenvalue weighted by atomic mass is 9.99. The number of halogens is 1. The van der Waals surface area contributed by atoms with Crippen molar-refractivity contribution in [2.75, 3.05) is 5.45 Å². The Kier molecular flexibility index (Phi) is 3.94. The van der Waals surface area contributed by atoms with Crippen LogP contribution < -0.4 is 5.32 Å². The molecular weight excluding hydrogens is 226 g/mol. The molecule has 1 rings (SSSR count). The molecule has 0 atom stereocenters. The van der Waals surface area contributed by atoms with Gasteiger partial charge in [0.05, 0.1) is 5.45 Å². The average molecular weight is 242 g/mol. The number of alkyl halides is 1. The molecule has 1 aromatic carbocycles. The standard InChI is InChI=1S/C11H16BrN/c1-8-4-5-11(6-13-7-12)10(3)9(8)2/h4-5,13H,6-7H2,1-3H3. The van der Waals surface area contributed by atoms with Crippen molar-refractivity contribution in [2.24, 2.45) is 0 Å². The second kappa shape index (κ2) is 4.77. The van der Waals surface area contributed by atoms with Crippen molar-refractivity contribution >= 4 is 15.9 Å². The minimum atomic E-state index is 0.847. The zero-order chi connectivity index (χ0) is 9.84. The van der Waals surface area contributed by atoms with Crippen LogP contribution in [0, 0.1) is 20.8 Å². The van der Waals surface area contributed by atoms with Crippen molar-refractivity contribution < 1.29 is 0 Å². The smallest absolute Gasteiger partial charge is 0.0519 e. The largest absolute Gasteiger partial charge is 0.303 e. The van der Waals surface area contributed by atoms with Crippen LogP contribution in [0.3, 0.4) is 0 Å². The molecule has 0 radical (unpaired) electrons. The molecule has 0 spiro atoms. The quantitative estimate of drug-likeness (QED) is 0.634. The molecule has 0 saturated heterocycles. The number of hydrogen-bond donors (Lipinski definition) is 1. The highest BCUT2D eigenvalue weighted by molar-refractivity contribution is 9.09. The van der Waals surface area contributed by atoms with E-state index in [1.165, 1.54) is 22.3 Å². The van der Waals surface area contributed by atoms with E-state index in [4.69, 9.17) is 0 Å². The monoisotopic (exact) mass is 241 g/mol. The summed E-state index contributed by atoms with van der Waals surface area (Å²) in [6, 6.07) is 4.39. The van der Waals surface area contributed by atoms with Crippen LogP contribution in [-0.4, -0.2) is 5.45 Å². The Morgan fingerprint density at radius 1 is 1.15 bits per heavy atom. The molecule has 0 bridgehead atoms. The molecule has 1 nitrogen and oxygen atoms in total. The maximum Gasteiger partial charge on any atom is 0.0519 e. The summed E-state index contributed by atoms with van der Waals surface area (Å²) in [6.45, 7) is 7.47. The molecule has 1 aromatic rings. The summed E-state index contributed by atoms with van der Waals surface area (Å²) in [5, 5.41) is 3.27. The van der Waals surface area contributed by atoms with Gasteiger partial charge in [-0.3, -0.25) is 0 Å². The van der Waals surface area contributed by atoms with Gasteiger partial charge in [-0.15, -0.1) is 0 Å². The van der Waals surface area contributed by atoms with E-state index in [9.17, 15) is 0 Å². The third-order valence-electron chi connectivity index (χ3n) is 2.58. The predicted octanol–water partition coefficient (Wildman–Crippen LogP) is 3.05. The van der Waals surface area contributed by atoms with Gasteiger partial charge in [0.1, 0.15) is 0 Å². The Balaban J connectivity index is 2.90. The number of benzene rings is 1. The zero-order valence-electron chi connectivity index (χ0n) is 8.45. The molecule has 0 aliphatic rings. The average Bonchev–Trinajstić information content (AvgIpc) is 2.13. The van der Waals surface area contributed by atoms with Crippen molar-refractivity contribution in [3.63, 3.8) is 0 Å². The van der Waals surface area contributed by atoms with Crippen LogP contribution in [0.4, 0.5) is 0 Å². The van der Waals surface area contributed by atoms with E-state index in [0.29, 0.717) is 0 Å². The molecule has 0 aromatic heterocycles. The molecule has 0 aliphatic carbocycles. The number of aryl methyl sites for hydroxylation is 1. The lowest BCUT2D eigenvalue weighted by Crippen LogP contribution is -2.11. The molecule has 13 heavy (non-hydrogen) atoms. The second-order valence-corrected chi connectivity index (χ2v) is 3.91. The van der Waals surface area contributed by atoms with Crippen LogP contribution in [0.2, 0.25) is 0 Å². The fourth-order valence-corrected chi connectivity index (χ4v) is 1.58. The van der Waals surface area contributed by atoms with Crippen LogP contribution in [-0.2, 0) is 6.54 Å². The molecule has 2 heteroatoms. The Labute approximate surface area is 88.7 Å². The molecule has 0 saturated carbocycles. The van der Waals surface area contributed by atoms with E-state index in [1.54, 1.807) is 0 Å². The van der Waals surface area contributed by atoms with Gasteiger partial charge in [0.25, 0.3) is 0 Å². The van der Waals surface area contributed by atoms with Crippen LogP contribution in [0.15, 0.2) is 12.1 Å². The van der Waals surface area contributed by atoms with Crippen molar-refractivity contribution in [3.05, 3.63) is 34.4 Å². The molecule has 0 heterocycles. The van der Waals surface area contributed by atoms with Gasteiger partial charge >= 0.3 is 0 Å². The maximum absolute atomic E-state index is 3.35. The summed E-state index contributed by atoms with van der Waals surface area (Å²) in [6.07, 6.45) is 0. The fraction of sp³-hybridized carbons (Fsp3) is 0.455. The third kappa shape index (κ3) is 2.55. The molecule has 0 unspecified atom stereocenters. The van der Waals surface area contributed by atoms with Crippen LogP contribution in [0.5, 0.6) is 0 Å². The maximum atomic E-state index is 3.35. The highest BCUT2D eigenvalue weighted by Crippen LogP contribution is 2.16. The van der Waals surface area contributed by atoms with Crippen molar-refractivity contribution in [3.8, 4) is 0 Å². The topological polar surface area (TPSA) is 12.0 Å². The second-order valence-electron chi connectivity index (χ2n) is 3.35. The van der Waals surface area contributed by atoms with E-state index in [0.717, 1.165) is 12.0 Å². The van der Waals surface area contributed by atoms with Crippen molar-refractivity contribution in [2.45, 2.75) is 27.3 Å². The van der Waals surface area contributed by atoms with E-state index in [1.807, 2.05) is 0 Å². The molecule has 72 valence electrons. The van der Waals surface area contributed by atoms with Crippen molar-refractivity contribution in [1.82, 2.24) is 5.32 Å². The molecule has 1 N–H and O–H groups in total. The first-order chi connectivity index (χ1) is 6.16. The zero-order valence-corrected chi connectivity index (χ0v) is 10.0. The normalized spacial score (nSPS) is 10.5. The van der Waals surface area contributed by atoms with Gasteiger partial charge in [0.2, 0.25) is 0 Å². The number of rotatable bonds is 3. The summed E-state index contributed by atoms with van der Waals surface area (Å²) >= 11 is 3.35. The third-order valence-corrected chi connectivity index (χ3v) is 2.98. The highest BCUT2D eigenvalue weighted by Gasteiger charge is 2.02. The summed E-state index contributed by atoms with van der Waals surface area (Å²) in [5.74, 6) is 0. The fourth-order valence-electron chi connectivity index (χ4n) is 1.39. The van der Waals surface area contributed by atoms with Gasteiger partial charge in [-0.2, -0.15) is 0 Å².